The Morgan fingerprint density at radius 1 is 1.35 bits per heavy atom. The van der Waals surface area contributed by atoms with Gasteiger partial charge in [0.05, 0.1) is 5.75 Å². The average molecular weight is 273 g/mol. The van der Waals surface area contributed by atoms with Crippen LogP contribution in [0.5, 0.6) is 0 Å². The number of carbonyl (C=O) groups is 1. The molecule has 0 spiro atoms. The van der Waals surface area contributed by atoms with E-state index in [4.69, 9.17) is 12.2 Å². The van der Waals surface area contributed by atoms with E-state index in [0.29, 0.717) is 11.4 Å². The van der Waals surface area contributed by atoms with Crippen LogP contribution in [0.15, 0.2) is 24.3 Å². The van der Waals surface area contributed by atoms with Crippen molar-refractivity contribution in [3.05, 3.63) is 30.1 Å². The van der Waals surface area contributed by atoms with Crippen LogP contribution in [0.2, 0.25) is 0 Å². The number of anilines is 1. The molecule has 1 rings (SSSR count). The molecule has 0 saturated heterocycles. The number of hydrogen-bond acceptors (Lipinski definition) is 3. The molecule has 1 aromatic carbocycles. The molecule has 4 nitrogen and oxygen atoms in total. The van der Waals surface area contributed by atoms with E-state index in [1.807, 2.05) is 6.26 Å². The van der Waals surface area contributed by atoms with Crippen molar-refractivity contribution in [3.63, 3.8) is 0 Å². The van der Waals surface area contributed by atoms with E-state index in [0.717, 1.165) is 0 Å². The van der Waals surface area contributed by atoms with Gasteiger partial charge in [0.1, 0.15) is 5.82 Å². The third-order valence-corrected chi connectivity index (χ3v) is 2.45. The van der Waals surface area contributed by atoms with E-state index in [9.17, 15) is 9.18 Å². The van der Waals surface area contributed by atoms with Crippen molar-refractivity contribution in [2.75, 3.05) is 17.3 Å². The number of carbonyl (C=O) groups excluding carboxylic acids is 1. The van der Waals surface area contributed by atoms with Crippen molar-refractivity contribution in [1.29, 1.82) is 0 Å². The average Bonchev–Trinajstić information content (AvgIpc) is 2.30. The highest BCUT2D eigenvalue weighted by Gasteiger charge is 2.01. The molecule has 1 aromatic rings. The molecule has 17 heavy (non-hydrogen) atoms. The SMILES string of the molecule is CSCC(=O)NNC(=S)Nc1ccc(F)cc1. The van der Waals surface area contributed by atoms with Crippen LogP contribution in [0.25, 0.3) is 0 Å². The Kier molecular flexibility index (Phi) is 5.71. The van der Waals surface area contributed by atoms with Crippen molar-refractivity contribution in [2.45, 2.75) is 0 Å². The first-order valence-electron chi connectivity index (χ1n) is 4.72. The quantitative estimate of drug-likeness (QED) is 0.576. The van der Waals surface area contributed by atoms with Crippen molar-refractivity contribution in [3.8, 4) is 0 Å². The molecule has 3 N–H and O–H groups in total. The van der Waals surface area contributed by atoms with Crippen LogP contribution in [-0.4, -0.2) is 23.0 Å². The van der Waals surface area contributed by atoms with Gasteiger partial charge in [0.2, 0.25) is 5.91 Å². The molecule has 92 valence electrons. The third kappa shape index (κ3) is 5.50. The summed E-state index contributed by atoms with van der Waals surface area (Å²) in [6, 6.07) is 5.73. The molecule has 0 bridgehead atoms. The zero-order valence-corrected chi connectivity index (χ0v) is 10.8. The maximum absolute atomic E-state index is 12.6. The first-order valence-corrected chi connectivity index (χ1v) is 6.52. The number of thiocarbonyl (C=S) groups is 1. The Bertz CT molecular complexity index is 397. The van der Waals surface area contributed by atoms with Crippen molar-refractivity contribution in [2.24, 2.45) is 0 Å². The zero-order valence-electron chi connectivity index (χ0n) is 9.12. The number of hydrogen-bond donors (Lipinski definition) is 3. The number of nitrogens with one attached hydrogen (secondary N) is 3. The summed E-state index contributed by atoms with van der Waals surface area (Å²) in [7, 11) is 0. The fourth-order valence-electron chi connectivity index (χ4n) is 0.989. The second kappa shape index (κ2) is 7.08. The van der Waals surface area contributed by atoms with E-state index in [1.165, 1.54) is 23.9 Å². The van der Waals surface area contributed by atoms with E-state index < -0.39 is 0 Å². The molecule has 0 heterocycles. The summed E-state index contributed by atoms with van der Waals surface area (Å²) in [5.41, 5.74) is 5.61. The van der Waals surface area contributed by atoms with Gasteiger partial charge in [-0.2, -0.15) is 11.8 Å². The lowest BCUT2D eigenvalue weighted by Gasteiger charge is -2.11. The number of rotatable bonds is 3. The summed E-state index contributed by atoms with van der Waals surface area (Å²) in [5, 5.41) is 3.04. The van der Waals surface area contributed by atoms with E-state index in [-0.39, 0.29) is 16.8 Å². The minimum absolute atomic E-state index is 0.166. The Hall–Kier alpha value is -1.34. The van der Waals surface area contributed by atoms with Crippen LogP contribution in [0, 0.1) is 5.82 Å². The van der Waals surface area contributed by atoms with Crippen molar-refractivity contribution < 1.29 is 9.18 Å². The van der Waals surface area contributed by atoms with E-state index >= 15 is 0 Å². The molecular formula is C10H12FN3OS2. The molecule has 0 radical (unpaired) electrons. The lowest BCUT2D eigenvalue weighted by molar-refractivity contribution is -0.119. The maximum atomic E-state index is 12.6. The fraction of sp³-hybridized carbons (Fsp3) is 0.200. The third-order valence-electron chi connectivity index (χ3n) is 1.69. The summed E-state index contributed by atoms with van der Waals surface area (Å²) >= 11 is 6.34. The smallest absolute Gasteiger partial charge is 0.248 e. The Morgan fingerprint density at radius 2 is 2.00 bits per heavy atom. The largest absolute Gasteiger partial charge is 0.331 e. The van der Waals surface area contributed by atoms with Gasteiger partial charge in [-0.3, -0.25) is 15.6 Å². The summed E-state index contributed by atoms with van der Waals surface area (Å²) in [6.45, 7) is 0. The van der Waals surface area contributed by atoms with Crippen LogP contribution in [-0.2, 0) is 4.79 Å². The highest BCUT2D eigenvalue weighted by Crippen LogP contribution is 2.07. The lowest BCUT2D eigenvalue weighted by Crippen LogP contribution is -2.44. The van der Waals surface area contributed by atoms with Crippen LogP contribution in [0.1, 0.15) is 0 Å². The molecule has 1 amide bonds. The number of thioether (sulfide) groups is 1. The van der Waals surface area contributed by atoms with Gasteiger partial charge in [-0.15, -0.1) is 0 Å². The van der Waals surface area contributed by atoms with Crippen LogP contribution in [0.4, 0.5) is 10.1 Å². The molecule has 0 aromatic heterocycles. The van der Waals surface area contributed by atoms with Gasteiger partial charge in [-0.1, -0.05) is 0 Å². The summed E-state index contributed by atoms with van der Waals surface area (Å²) in [4.78, 5) is 11.1. The minimum Gasteiger partial charge on any atom is -0.331 e. The van der Waals surface area contributed by atoms with Crippen LogP contribution >= 0.6 is 24.0 Å². The molecule has 0 aliphatic heterocycles. The molecule has 0 saturated carbocycles. The van der Waals surface area contributed by atoms with Crippen LogP contribution in [0.3, 0.4) is 0 Å². The predicted octanol–water partition coefficient (Wildman–Crippen LogP) is 1.51. The Labute approximate surface area is 108 Å². The standard InChI is InChI=1S/C10H12FN3OS2/c1-17-6-9(15)13-14-10(16)12-8-4-2-7(11)3-5-8/h2-5H,6H2,1H3,(H,13,15)(H2,12,14,16). The highest BCUT2D eigenvalue weighted by molar-refractivity contribution is 7.99. The first kappa shape index (κ1) is 13.7. The second-order valence-electron chi connectivity index (χ2n) is 3.07. The second-order valence-corrected chi connectivity index (χ2v) is 4.34. The zero-order chi connectivity index (χ0) is 12.7. The van der Waals surface area contributed by atoms with Gasteiger partial charge in [-0.25, -0.2) is 4.39 Å². The molecule has 7 heteroatoms. The van der Waals surface area contributed by atoms with Gasteiger partial charge < -0.3 is 5.32 Å². The summed E-state index contributed by atoms with van der Waals surface area (Å²) in [5.74, 6) is -0.130. The molecule has 0 atom stereocenters. The number of halogens is 1. The van der Waals surface area contributed by atoms with E-state index in [2.05, 4.69) is 16.2 Å². The van der Waals surface area contributed by atoms with Gasteiger partial charge in [0, 0.05) is 5.69 Å². The lowest BCUT2D eigenvalue weighted by atomic mass is 10.3. The van der Waals surface area contributed by atoms with Gasteiger partial charge in [0.25, 0.3) is 0 Å². The topological polar surface area (TPSA) is 53.2 Å². The molecule has 0 aliphatic rings. The van der Waals surface area contributed by atoms with Crippen molar-refractivity contribution >= 4 is 40.7 Å². The molecule has 0 fully saturated rings. The number of benzene rings is 1. The normalized spacial score (nSPS) is 9.53. The monoisotopic (exact) mass is 273 g/mol. The fourth-order valence-corrected chi connectivity index (χ4v) is 1.49. The minimum atomic E-state index is -0.317. The van der Waals surface area contributed by atoms with Gasteiger partial charge >= 0.3 is 0 Å². The predicted molar refractivity (Wildman–Crippen MR) is 72.3 cm³/mol. The number of amides is 1. The highest BCUT2D eigenvalue weighted by atomic mass is 32.2. The molecule has 0 aliphatic carbocycles. The summed E-state index contributed by atoms with van der Waals surface area (Å²) in [6.07, 6.45) is 1.83. The van der Waals surface area contributed by atoms with Crippen LogP contribution < -0.4 is 16.2 Å². The van der Waals surface area contributed by atoms with Crippen molar-refractivity contribution in [1.82, 2.24) is 10.9 Å². The summed E-state index contributed by atoms with van der Waals surface area (Å²) < 4.78 is 12.6. The first-order chi connectivity index (χ1) is 8.11. The number of hydrazine groups is 1. The molecule has 0 unspecified atom stereocenters. The Balaban J connectivity index is 2.34. The maximum Gasteiger partial charge on any atom is 0.248 e. The molecular weight excluding hydrogens is 261 g/mol. The van der Waals surface area contributed by atoms with Gasteiger partial charge in [-0.05, 0) is 42.7 Å². The van der Waals surface area contributed by atoms with E-state index in [1.54, 1.807) is 12.1 Å². The van der Waals surface area contributed by atoms with Gasteiger partial charge in [0.15, 0.2) is 5.11 Å². The Morgan fingerprint density at radius 3 is 2.59 bits per heavy atom.